The van der Waals surface area contributed by atoms with Gasteiger partial charge in [0.15, 0.2) is 0 Å². The van der Waals surface area contributed by atoms with Crippen LogP contribution in [-0.2, 0) is 4.79 Å². The number of carbonyl (C=O) groups is 1. The molecule has 4 heteroatoms. The minimum Gasteiger partial charge on any atom is -0.342 e. The van der Waals surface area contributed by atoms with E-state index in [4.69, 9.17) is 5.73 Å². The summed E-state index contributed by atoms with van der Waals surface area (Å²) in [6, 6.07) is 0.543. The molecule has 0 heterocycles. The first-order valence-corrected chi connectivity index (χ1v) is 8.61. The Labute approximate surface area is 135 Å². The van der Waals surface area contributed by atoms with Gasteiger partial charge >= 0.3 is 0 Å². The highest BCUT2D eigenvalue weighted by atomic mass is 35.5. The third kappa shape index (κ3) is 3.92. The zero-order valence-electron chi connectivity index (χ0n) is 13.4. The van der Waals surface area contributed by atoms with Crippen molar-refractivity contribution in [1.29, 1.82) is 0 Å². The molecular weight excluding hydrogens is 284 g/mol. The van der Waals surface area contributed by atoms with Crippen LogP contribution in [0.3, 0.4) is 0 Å². The number of rotatable bonds is 6. The first kappa shape index (κ1) is 17.1. The summed E-state index contributed by atoms with van der Waals surface area (Å²) in [6.45, 7) is 0.685. The van der Waals surface area contributed by atoms with Gasteiger partial charge in [0.25, 0.3) is 0 Å². The molecule has 0 aromatic rings. The summed E-state index contributed by atoms with van der Waals surface area (Å²) in [5.74, 6) is 1.97. The molecule has 0 aromatic carbocycles. The number of nitrogens with two attached hydrogens (primary N) is 1. The number of hydrogen-bond acceptors (Lipinski definition) is 2. The lowest BCUT2D eigenvalue weighted by Gasteiger charge is -2.38. The molecule has 0 aromatic heterocycles. The minimum atomic E-state index is 0. The number of amides is 1. The molecule has 2 N–H and O–H groups in total. The molecule has 0 bridgehead atoms. The standard InChI is InChI=1S/C17H30N2O.ClH/c1-19(16(13-5-6-13)14-7-8-14)15(20)11-17(12-18)9-3-2-4-10-17;/h13-14,16H,2-12,18H2,1H3;1H. The first-order chi connectivity index (χ1) is 9.65. The highest BCUT2D eigenvalue weighted by Gasteiger charge is 2.45. The van der Waals surface area contributed by atoms with Gasteiger partial charge in [-0.3, -0.25) is 4.79 Å². The smallest absolute Gasteiger partial charge is 0.223 e. The van der Waals surface area contributed by atoms with Crippen LogP contribution < -0.4 is 5.73 Å². The maximum atomic E-state index is 12.8. The van der Waals surface area contributed by atoms with E-state index in [1.165, 1.54) is 44.9 Å². The predicted molar refractivity (Wildman–Crippen MR) is 88.4 cm³/mol. The maximum absolute atomic E-state index is 12.8. The SMILES string of the molecule is CN(C(=O)CC1(CN)CCCCC1)C(C1CC1)C1CC1.Cl. The summed E-state index contributed by atoms with van der Waals surface area (Å²) in [5.41, 5.74) is 6.15. The molecular formula is C17H31ClN2O. The summed E-state index contributed by atoms with van der Waals surface area (Å²) >= 11 is 0. The molecule has 21 heavy (non-hydrogen) atoms. The Balaban J connectivity index is 0.00000161. The van der Waals surface area contributed by atoms with Gasteiger partial charge in [0.2, 0.25) is 5.91 Å². The van der Waals surface area contributed by atoms with Crippen molar-refractivity contribution in [3.8, 4) is 0 Å². The van der Waals surface area contributed by atoms with E-state index in [1.807, 2.05) is 0 Å². The van der Waals surface area contributed by atoms with E-state index in [1.54, 1.807) is 0 Å². The van der Waals surface area contributed by atoms with E-state index in [-0.39, 0.29) is 17.8 Å². The Bertz CT molecular complexity index is 348. The molecule has 3 saturated carbocycles. The average molecular weight is 315 g/mol. The molecule has 0 atom stereocenters. The van der Waals surface area contributed by atoms with Crippen LogP contribution in [0.15, 0.2) is 0 Å². The molecule has 3 aliphatic rings. The number of hydrogen-bond donors (Lipinski definition) is 1. The number of carbonyl (C=O) groups excluding carboxylic acids is 1. The van der Waals surface area contributed by atoms with Gasteiger partial charge in [-0.15, -0.1) is 12.4 Å². The first-order valence-electron chi connectivity index (χ1n) is 8.61. The predicted octanol–water partition coefficient (Wildman–Crippen LogP) is 3.35. The minimum absolute atomic E-state index is 0. The molecule has 0 radical (unpaired) electrons. The van der Waals surface area contributed by atoms with Crippen LogP contribution in [0.25, 0.3) is 0 Å². The van der Waals surface area contributed by atoms with Crippen molar-refractivity contribution in [1.82, 2.24) is 4.90 Å². The maximum Gasteiger partial charge on any atom is 0.223 e. The summed E-state index contributed by atoms with van der Waals surface area (Å²) in [7, 11) is 2.05. The van der Waals surface area contributed by atoms with Crippen molar-refractivity contribution < 1.29 is 4.79 Å². The molecule has 0 saturated heterocycles. The van der Waals surface area contributed by atoms with Gasteiger partial charge in [0.1, 0.15) is 0 Å². The number of nitrogens with zero attached hydrogens (tertiary/aromatic N) is 1. The average Bonchev–Trinajstić information content (AvgIpc) is 3.34. The normalized spacial score (nSPS) is 24.5. The molecule has 3 aliphatic carbocycles. The molecule has 0 unspecified atom stereocenters. The van der Waals surface area contributed by atoms with Crippen molar-refractivity contribution >= 4 is 18.3 Å². The van der Waals surface area contributed by atoms with Crippen LogP contribution in [0.1, 0.15) is 64.2 Å². The van der Waals surface area contributed by atoms with Gasteiger partial charge in [-0.05, 0) is 62.3 Å². The van der Waals surface area contributed by atoms with Gasteiger partial charge in [0, 0.05) is 19.5 Å². The van der Waals surface area contributed by atoms with Crippen molar-refractivity contribution in [2.45, 2.75) is 70.3 Å². The Morgan fingerprint density at radius 3 is 2.10 bits per heavy atom. The van der Waals surface area contributed by atoms with Crippen molar-refractivity contribution in [2.75, 3.05) is 13.6 Å². The summed E-state index contributed by atoms with van der Waals surface area (Å²) < 4.78 is 0. The fraction of sp³-hybridized carbons (Fsp3) is 0.941. The van der Waals surface area contributed by atoms with Gasteiger partial charge in [-0.25, -0.2) is 0 Å². The molecule has 0 spiro atoms. The van der Waals surface area contributed by atoms with Crippen LogP contribution >= 0.6 is 12.4 Å². The van der Waals surface area contributed by atoms with Crippen molar-refractivity contribution in [2.24, 2.45) is 23.0 Å². The second-order valence-electron chi connectivity index (χ2n) is 7.61. The summed E-state index contributed by atoms with van der Waals surface area (Å²) in [4.78, 5) is 14.9. The van der Waals surface area contributed by atoms with Crippen LogP contribution in [0.5, 0.6) is 0 Å². The zero-order chi connectivity index (χ0) is 14.2. The van der Waals surface area contributed by atoms with E-state index in [9.17, 15) is 4.79 Å². The summed E-state index contributed by atoms with van der Waals surface area (Å²) in [5, 5.41) is 0. The topological polar surface area (TPSA) is 46.3 Å². The van der Waals surface area contributed by atoms with E-state index in [0.29, 0.717) is 24.9 Å². The van der Waals surface area contributed by atoms with Gasteiger partial charge in [-0.1, -0.05) is 19.3 Å². The van der Waals surface area contributed by atoms with Gasteiger partial charge in [0.05, 0.1) is 0 Å². The third-order valence-corrected chi connectivity index (χ3v) is 5.92. The zero-order valence-corrected chi connectivity index (χ0v) is 14.2. The molecule has 1 amide bonds. The lowest BCUT2D eigenvalue weighted by Crippen LogP contribution is -2.44. The van der Waals surface area contributed by atoms with E-state index >= 15 is 0 Å². The van der Waals surface area contributed by atoms with Crippen LogP contribution in [0.4, 0.5) is 0 Å². The fourth-order valence-electron chi connectivity index (χ4n) is 4.26. The van der Waals surface area contributed by atoms with Crippen LogP contribution in [0, 0.1) is 17.3 Å². The second-order valence-corrected chi connectivity index (χ2v) is 7.61. The molecule has 3 rings (SSSR count). The van der Waals surface area contributed by atoms with Crippen molar-refractivity contribution in [3.63, 3.8) is 0 Å². The second kappa shape index (κ2) is 6.87. The largest absolute Gasteiger partial charge is 0.342 e. The van der Waals surface area contributed by atoms with Gasteiger partial charge < -0.3 is 10.6 Å². The lowest BCUT2D eigenvalue weighted by molar-refractivity contribution is -0.135. The Morgan fingerprint density at radius 2 is 1.67 bits per heavy atom. The quantitative estimate of drug-likeness (QED) is 0.817. The van der Waals surface area contributed by atoms with Crippen LogP contribution in [-0.4, -0.2) is 30.4 Å². The number of halogens is 1. The lowest BCUT2D eigenvalue weighted by atomic mass is 9.71. The monoisotopic (exact) mass is 314 g/mol. The Morgan fingerprint density at radius 1 is 1.14 bits per heavy atom. The Hall–Kier alpha value is -0.280. The highest BCUT2D eigenvalue weighted by molar-refractivity contribution is 5.85. The van der Waals surface area contributed by atoms with E-state index in [2.05, 4.69) is 11.9 Å². The third-order valence-electron chi connectivity index (χ3n) is 5.92. The molecule has 3 nitrogen and oxygen atoms in total. The molecule has 122 valence electrons. The van der Waals surface area contributed by atoms with Crippen LogP contribution in [0.2, 0.25) is 0 Å². The molecule has 0 aliphatic heterocycles. The van der Waals surface area contributed by atoms with E-state index < -0.39 is 0 Å². The highest BCUT2D eigenvalue weighted by Crippen LogP contribution is 2.47. The van der Waals surface area contributed by atoms with E-state index in [0.717, 1.165) is 24.7 Å². The van der Waals surface area contributed by atoms with Gasteiger partial charge in [-0.2, -0.15) is 0 Å². The Kier molecular flexibility index (Phi) is 5.59. The van der Waals surface area contributed by atoms with Crippen molar-refractivity contribution in [3.05, 3.63) is 0 Å². The molecule has 3 fully saturated rings. The summed E-state index contributed by atoms with van der Waals surface area (Å²) in [6.07, 6.45) is 12.2. The fourth-order valence-corrected chi connectivity index (χ4v) is 4.26.